The van der Waals surface area contributed by atoms with E-state index in [0.29, 0.717) is 18.1 Å². The minimum absolute atomic E-state index is 0.308. The fourth-order valence-electron chi connectivity index (χ4n) is 2.22. The first-order valence-corrected chi connectivity index (χ1v) is 9.44. The van der Waals surface area contributed by atoms with Crippen molar-refractivity contribution in [2.45, 2.75) is 26.4 Å². The van der Waals surface area contributed by atoms with Crippen LogP contribution in [-0.4, -0.2) is 44.5 Å². The monoisotopic (exact) mass is 302 g/mol. The van der Waals surface area contributed by atoms with Gasteiger partial charge in [0.15, 0.2) is 9.84 Å². The predicted octanol–water partition coefficient (Wildman–Crippen LogP) is 1.48. The normalized spacial score (nSPS) is 20.3. The lowest BCUT2D eigenvalue weighted by Gasteiger charge is -2.17. The van der Waals surface area contributed by atoms with Crippen molar-refractivity contribution in [3.05, 3.63) is 21.9 Å². The number of nitrogens with zero attached hydrogens (tertiary/aromatic N) is 1. The average molecular weight is 302 g/mol. The van der Waals surface area contributed by atoms with Crippen LogP contribution in [0.15, 0.2) is 12.1 Å². The van der Waals surface area contributed by atoms with Gasteiger partial charge in [-0.05, 0) is 31.6 Å². The van der Waals surface area contributed by atoms with Gasteiger partial charge < -0.3 is 5.32 Å². The summed E-state index contributed by atoms with van der Waals surface area (Å²) in [6.07, 6.45) is 0.762. The molecule has 1 aromatic rings. The van der Waals surface area contributed by atoms with Gasteiger partial charge in [-0.25, -0.2) is 8.42 Å². The number of rotatable bonds is 5. The fourth-order valence-corrected chi connectivity index (χ4v) is 4.56. The second kappa shape index (κ2) is 6.83. The van der Waals surface area contributed by atoms with Crippen LogP contribution in [0.5, 0.6) is 0 Å². The number of nitrogens with one attached hydrogen (secondary N) is 1. The van der Waals surface area contributed by atoms with Crippen molar-refractivity contribution in [1.82, 2.24) is 10.2 Å². The van der Waals surface area contributed by atoms with Crippen molar-refractivity contribution < 1.29 is 8.42 Å². The maximum absolute atomic E-state index is 11.6. The molecule has 19 heavy (non-hydrogen) atoms. The standard InChI is InChI=1S/C13H22N2O2S2/c1-2-14-10-12-4-5-13(18-12)11-15-6-3-8-19(16,17)9-7-15/h4-5,14H,2-3,6-11H2,1H3. The molecule has 0 aliphatic carbocycles. The smallest absolute Gasteiger partial charge is 0.151 e. The Morgan fingerprint density at radius 1 is 1.26 bits per heavy atom. The van der Waals surface area contributed by atoms with E-state index in [1.165, 1.54) is 9.75 Å². The first kappa shape index (κ1) is 15.0. The molecule has 1 saturated heterocycles. The van der Waals surface area contributed by atoms with E-state index in [4.69, 9.17) is 0 Å². The molecular formula is C13H22N2O2S2. The number of sulfone groups is 1. The van der Waals surface area contributed by atoms with Crippen LogP contribution < -0.4 is 5.32 Å². The minimum atomic E-state index is -2.80. The molecular weight excluding hydrogens is 280 g/mol. The predicted molar refractivity (Wildman–Crippen MR) is 80.2 cm³/mol. The SMILES string of the molecule is CCNCc1ccc(CN2CCCS(=O)(=O)CC2)s1. The van der Waals surface area contributed by atoms with E-state index < -0.39 is 9.84 Å². The third kappa shape index (κ3) is 4.87. The molecule has 1 fully saturated rings. The Morgan fingerprint density at radius 2 is 2.05 bits per heavy atom. The Hall–Kier alpha value is -0.430. The van der Waals surface area contributed by atoms with E-state index in [2.05, 4.69) is 29.3 Å². The first-order chi connectivity index (χ1) is 9.09. The van der Waals surface area contributed by atoms with Gasteiger partial charge in [0.1, 0.15) is 0 Å². The highest BCUT2D eigenvalue weighted by Crippen LogP contribution is 2.19. The molecule has 6 heteroatoms. The largest absolute Gasteiger partial charge is 0.312 e. The molecule has 0 bridgehead atoms. The molecule has 0 radical (unpaired) electrons. The lowest BCUT2D eigenvalue weighted by Crippen LogP contribution is -2.26. The van der Waals surface area contributed by atoms with Crippen molar-refractivity contribution >= 4 is 21.2 Å². The molecule has 0 unspecified atom stereocenters. The van der Waals surface area contributed by atoms with Crippen molar-refractivity contribution in [2.75, 3.05) is 31.1 Å². The van der Waals surface area contributed by atoms with Gasteiger partial charge in [-0.2, -0.15) is 0 Å². The summed E-state index contributed by atoms with van der Waals surface area (Å²) in [6.45, 7) is 6.45. The molecule has 108 valence electrons. The van der Waals surface area contributed by atoms with Gasteiger partial charge in [0, 0.05) is 29.4 Å². The van der Waals surface area contributed by atoms with E-state index in [9.17, 15) is 8.42 Å². The van der Waals surface area contributed by atoms with Gasteiger partial charge in [0.25, 0.3) is 0 Å². The van der Waals surface area contributed by atoms with Crippen molar-refractivity contribution in [2.24, 2.45) is 0 Å². The third-order valence-corrected chi connectivity index (χ3v) is 6.08. The molecule has 1 aliphatic rings. The van der Waals surface area contributed by atoms with Crippen molar-refractivity contribution in [1.29, 1.82) is 0 Å². The van der Waals surface area contributed by atoms with Crippen LogP contribution in [0.2, 0.25) is 0 Å². The quantitative estimate of drug-likeness (QED) is 0.895. The second-order valence-corrected chi connectivity index (χ2v) is 8.49. The Morgan fingerprint density at radius 3 is 2.84 bits per heavy atom. The molecule has 0 saturated carbocycles. The zero-order valence-electron chi connectivity index (χ0n) is 11.4. The number of hydrogen-bond acceptors (Lipinski definition) is 5. The minimum Gasteiger partial charge on any atom is -0.312 e. The fraction of sp³-hybridized carbons (Fsp3) is 0.692. The van der Waals surface area contributed by atoms with Gasteiger partial charge >= 0.3 is 0 Å². The van der Waals surface area contributed by atoms with E-state index in [0.717, 1.165) is 32.6 Å². The van der Waals surface area contributed by atoms with Gasteiger partial charge in [-0.1, -0.05) is 6.92 Å². The second-order valence-electron chi connectivity index (χ2n) is 4.93. The summed E-state index contributed by atoms with van der Waals surface area (Å²) in [5, 5.41) is 3.32. The number of hydrogen-bond donors (Lipinski definition) is 1. The van der Waals surface area contributed by atoms with Crippen LogP contribution in [0.4, 0.5) is 0 Å². The lowest BCUT2D eigenvalue weighted by atomic mass is 10.3. The number of thiophene rings is 1. The molecule has 1 N–H and O–H groups in total. The zero-order chi connectivity index (χ0) is 13.7. The van der Waals surface area contributed by atoms with Crippen LogP contribution >= 0.6 is 11.3 Å². The van der Waals surface area contributed by atoms with Crippen molar-refractivity contribution in [3.8, 4) is 0 Å². The molecule has 1 aromatic heterocycles. The van der Waals surface area contributed by atoms with Crippen LogP contribution in [0, 0.1) is 0 Å². The highest BCUT2D eigenvalue weighted by molar-refractivity contribution is 7.91. The lowest BCUT2D eigenvalue weighted by molar-refractivity contribution is 0.290. The maximum Gasteiger partial charge on any atom is 0.151 e. The summed E-state index contributed by atoms with van der Waals surface area (Å²) in [7, 11) is -2.80. The van der Waals surface area contributed by atoms with Crippen molar-refractivity contribution in [3.63, 3.8) is 0 Å². The molecule has 0 spiro atoms. The van der Waals surface area contributed by atoms with E-state index in [-0.39, 0.29) is 0 Å². The first-order valence-electron chi connectivity index (χ1n) is 6.80. The summed E-state index contributed by atoms with van der Waals surface area (Å²) in [5.41, 5.74) is 0. The topological polar surface area (TPSA) is 49.4 Å². The summed E-state index contributed by atoms with van der Waals surface area (Å²) in [6, 6.07) is 4.33. The van der Waals surface area contributed by atoms with E-state index in [1.54, 1.807) is 0 Å². The van der Waals surface area contributed by atoms with Gasteiger partial charge in [0.2, 0.25) is 0 Å². The molecule has 2 rings (SSSR count). The summed E-state index contributed by atoms with van der Waals surface area (Å²) >= 11 is 1.82. The van der Waals surface area contributed by atoms with Crippen LogP contribution in [-0.2, 0) is 22.9 Å². The highest BCUT2D eigenvalue weighted by atomic mass is 32.2. The Bertz CT molecular complexity index is 496. The Kier molecular flexibility index (Phi) is 5.38. The Labute approximate surface area is 119 Å². The zero-order valence-corrected chi connectivity index (χ0v) is 13.0. The molecule has 0 aromatic carbocycles. The summed E-state index contributed by atoms with van der Waals surface area (Å²) in [4.78, 5) is 4.93. The Balaban J connectivity index is 1.88. The highest BCUT2D eigenvalue weighted by Gasteiger charge is 2.19. The third-order valence-electron chi connectivity index (χ3n) is 3.29. The van der Waals surface area contributed by atoms with Gasteiger partial charge in [-0.15, -0.1) is 11.3 Å². The maximum atomic E-state index is 11.6. The molecule has 0 amide bonds. The van der Waals surface area contributed by atoms with Gasteiger partial charge in [0.05, 0.1) is 11.5 Å². The van der Waals surface area contributed by atoms with E-state index >= 15 is 0 Å². The molecule has 2 heterocycles. The molecule has 0 atom stereocenters. The average Bonchev–Trinajstić information content (AvgIpc) is 2.73. The summed E-state index contributed by atoms with van der Waals surface area (Å²) in [5.74, 6) is 0.655. The van der Waals surface area contributed by atoms with Crippen LogP contribution in [0.25, 0.3) is 0 Å². The summed E-state index contributed by atoms with van der Waals surface area (Å²) < 4.78 is 23.1. The van der Waals surface area contributed by atoms with E-state index in [1.807, 2.05) is 11.3 Å². The van der Waals surface area contributed by atoms with Crippen LogP contribution in [0.1, 0.15) is 23.1 Å². The molecule has 1 aliphatic heterocycles. The van der Waals surface area contributed by atoms with Gasteiger partial charge in [-0.3, -0.25) is 4.90 Å². The van der Waals surface area contributed by atoms with Crippen LogP contribution in [0.3, 0.4) is 0 Å². The molecule has 4 nitrogen and oxygen atoms in total.